The minimum atomic E-state index is -0.854. The van der Waals surface area contributed by atoms with Crippen molar-refractivity contribution in [3.05, 3.63) is 106 Å². The SMILES string of the molecule is CCCCCCCc1ccc(C#Cc2ccc(C#Cc3ccc(CCCCC)cc3)cc2)c(F)c1F. The molecule has 0 heterocycles. The van der Waals surface area contributed by atoms with Gasteiger partial charge < -0.3 is 0 Å². The van der Waals surface area contributed by atoms with E-state index in [1.54, 1.807) is 12.1 Å². The Balaban J connectivity index is 1.59. The number of benzene rings is 3. The van der Waals surface area contributed by atoms with Gasteiger partial charge in [0, 0.05) is 16.7 Å². The first-order chi connectivity index (χ1) is 17.6. The molecule has 0 fully saturated rings. The van der Waals surface area contributed by atoms with Crippen LogP contribution in [0.2, 0.25) is 0 Å². The van der Waals surface area contributed by atoms with Gasteiger partial charge in [-0.15, -0.1) is 0 Å². The monoisotopic (exact) mass is 482 g/mol. The fourth-order valence-corrected chi connectivity index (χ4v) is 4.05. The van der Waals surface area contributed by atoms with E-state index in [-0.39, 0.29) is 5.56 Å². The zero-order valence-corrected chi connectivity index (χ0v) is 21.6. The summed E-state index contributed by atoms with van der Waals surface area (Å²) in [5, 5.41) is 0. The van der Waals surface area contributed by atoms with Gasteiger partial charge in [0.15, 0.2) is 11.6 Å². The molecule has 0 bridgehead atoms. The molecule has 0 aliphatic heterocycles. The molecule has 0 aliphatic carbocycles. The van der Waals surface area contributed by atoms with Crippen molar-refractivity contribution in [2.45, 2.75) is 78.1 Å². The van der Waals surface area contributed by atoms with E-state index < -0.39 is 11.6 Å². The van der Waals surface area contributed by atoms with Crippen LogP contribution in [0.1, 0.15) is 98.6 Å². The van der Waals surface area contributed by atoms with Gasteiger partial charge in [-0.2, -0.15) is 0 Å². The summed E-state index contributed by atoms with van der Waals surface area (Å²) in [6.45, 7) is 4.38. The van der Waals surface area contributed by atoms with E-state index in [0.29, 0.717) is 12.0 Å². The van der Waals surface area contributed by atoms with E-state index in [9.17, 15) is 8.78 Å². The number of unbranched alkanes of at least 4 members (excludes halogenated alkanes) is 6. The zero-order chi connectivity index (χ0) is 25.6. The average molecular weight is 483 g/mol. The van der Waals surface area contributed by atoms with Crippen molar-refractivity contribution < 1.29 is 8.78 Å². The van der Waals surface area contributed by atoms with E-state index in [2.05, 4.69) is 61.8 Å². The van der Waals surface area contributed by atoms with E-state index in [0.717, 1.165) is 42.4 Å². The number of halogens is 2. The lowest BCUT2D eigenvalue weighted by atomic mass is 10.0. The third-order valence-electron chi connectivity index (χ3n) is 6.31. The largest absolute Gasteiger partial charge is 0.203 e. The van der Waals surface area contributed by atoms with Crippen LogP contribution < -0.4 is 0 Å². The third-order valence-corrected chi connectivity index (χ3v) is 6.31. The summed E-state index contributed by atoms with van der Waals surface area (Å²) in [7, 11) is 0. The molecule has 3 aromatic rings. The molecule has 2 heteroatoms. The molecule has 0 aromatic heterocycles. The molecular weight excluding hydrogens is 446 g/mol. The highest BCUT2D eigenvalue weighted by atomic mass is 19.2. The van der Waals surface area contributed by atoms with Crippen molar-refractivity contribution in [2.75, 3.05) is 0 Å². The maximum Gasteiger partial charge on any atom is 0.174 e. The van der Waals surface area contributed by atoms with E-state index in [4.69, 9.17) is 0 Å². The topological polar surface area (TPSA) is 0 Å². The molecule has 0 saturated carbocycles. The standard InChI is InChI=1S/C34H36F2/c1-3-5-7-8-10-12-31-25-26-32(34(36)33(31)35)24-23-30-21-19-29(20-22-30)18-17-28-15-13-27(14-16-28)11-9-6-4-2/h13-16,19-22,25-26H,3-12H2,1-2H3. The Hall–Kier alpha value is -3.36. The number of aryl methyl sites for hydroxylation is 2. The second-order valence-electron chi connectivity index (χ2n) is 9.30. The van der Waals surface area contributed by atoms with Gasteiger partial charge in [0.1, 0.15) is 0 Å². The first-order valence-corrected chi connectivity index (χ1v) is 13.3. The van der Waals surface area contributed by atoms with Gasteiger partial charge >= 0.3 is 0 Å². The summed E-state index contributed by atoms with van der Waals surface area (Å²) in [5.74, 6) is 10.5. The molecule has 0 unspecified atom stereocenters. The first kappa shape index (κ1) is 27.2. The van der Waals surface area contributed by atoms with Gasteiger partial charge in [-0.05, 0) is 79.3 Å². The van der Waals surface area contributed by atoms with Crippen molar-refractivity contribution in [2.24, 2.45) is 0 Å². The van der Waals surface area contributed by atoms with Crippen LogP contribution >= 0.6 is 0 Å². The fraction of sp³-hybridized carbons (Fsp3) is 0.353. The molecule has 0 aliphatic rings. The Morgan fingerprint density at radius 2 is 1.00 bits per heavy atom. The fourth-order valence-electron chi connectivity index (χ4n) is 4.05. The minimum Gasteiger partial charge on any atom is -0.203 e. The lowest BCUT2D eigenvalue weighted by molar-refractivity contribution is 0.493. The molecule has 186 valence electrons. The molecule has 0 N–H and O–H groups in total. The summed E-state index contributed by atoms with van der Waals surface area (Å²) < 4.78 is 29.0. The van der Waals surface area contributed by atoms with Crippen LogP contribution in [0.15, 0.2) is 60.7 Å². The normalized spacial score (nSPS) is 10.3. The Kier molecular flexibility index (Phi) is 11.3. The van der Waals surface area contributed by atoms with Crippen molar-refractivity contribution in [3.8, 4) is 23.7 Å². The van der Waals surface area contributed by atoms with Crippen molar-refractivity contribution >= 4 is 0 Å². The lowest BCUT2D eigenvalue weighted by Gasteiger charge is -2.05. The van der Waals surface area contributed by atoms with Gasteiger partial charge in [-0.3, -0.25) is 0 Å². The maximum absolute atomic E-state index is 14.5. The van der Waals surface area contributed by atoms with Gasteiger partial charge in [0.2, 0.25) is 0 Å². The molecule has 0 nitrogen and oxygen atoms in total. The summed E-state index contributed by atoms with van der Waals surface area (Å²) in [5.41, 5.74) is 4.48. The molecule has 0 amide bonds. The summed E-state index contributed by atoms with van der Waals surface area (Å²) in [4.78, 5) is 0. The van der Waals surface area contributed by atoms with Crippen LogP contribution in [-0.4, -0.2) is 0 Å². The Morgan fingerprint density at radius 1 is 0.500 bits per heavy atom. The molecule has 36 heavy (non-hydrogen) atoms. The Morgan fingerprint density at radius 3 is 1.61 bits per heavy atom. The minimum absolute atomic E-state index is 0.0873. The van der Waals surface area contributed by atoms with Gasteiger partial charge in [0.25, 0.3) is 0 Å². The third kappa shape index (κ3) is 8.70. The van der Waals surface area contributed by atoms with Gasteiger partial charge in [-0.25, -0.2) is 8.78 Å². The van der Waals surface area contributed by atoms with Crippen LogP contribution in [-0.2, 0) is 12.8 Å². The zero-order valence-electron chi connectivity index (χ0n) is 21.6. The molecule has 3 aromatic carbocycles. The second-order valence-corrected chi connectivity index (χ2v) is 9.30. The Labute approximate surface area is 216 Å². The molecule has 0 radical (unpaired) electrons. The number of hydrogen-bond acceptors (Lipinski definition) is 0. The van der Waals surface area contributed by atoms with Crippen molar-refractivity contribution in [1.82, 2.24) is 0 Å². The molecule has 0 atom stereocenters. The van der Waals surface area contributed by atoms with Crippen molar-refractivity contribution in [1.29, 1.82) is 0 Å². The van der Waals surface area contributed by atoms with Crippen LogP contribution in [0.4, 0.5) is 8.78 Å². The van der Waals surface area contributed by atoms with E-state index in [1.165, 1.54) is 37.7 Å². The highest BCUT2D eigenvalue weighted by Gasteiger charge is 2.12. The van der Waals surface area contributed by atoms with Gasteiger partial charge in [-0.1, -0.05) is 94.3 Å². The van der Waals surface area contributed by atoms with E-state index >= 15 is 0 Å². The first-order valence-electron chi connectivity index (χ1n) is 13.3. The maximum atomic E-state index is 14.5. The summed E-state index contributed by atoms with van der Waals surface area (Å²) in [6.07, 6.45) is 10.8. The van der Waals surface area contributed by atoms with Crippen LogP contribution in [0.5, 0.6) is 0 Å². The van der Waals surface area contributed by atoms with Crippen LogP contribution in [0.25, 0.3) is 0 Å². The summed E-state index contributed by atoms with van der Waals surface area (Å²) >= 11 is 0. The summed E-state index contributed by atoms with van der Waals surface area (Å²) in [6, 6.07) is 19.2. The smallest absolute Gasteiger partial charge is 0.174 e. The highest BCUT2D eigenvalue weighted by Crippen LogP contribution is 2.19. The molecule has 0 spiro atoms. The number of hydrogen-bond donors (Lipinski definition) is 0. The van der Waals surface area contributed by atoms with E-state index in [1.807, 2.05) is 24.3 Å². The quantitative estimate of drug-likeness (QED) is 0.200. The Bertz CT molecular complexity index is 1210. The van der Waals surface area contributed by atoms with Crippen LogP contribution in [0, 0.1) is 35.3 Å². The second kappa shape index (κ2) is 14.9. The average Bonchev–Trinajstić information content (AvgIpc) is 2.90. The lowest BCUT2D eigenvalue weighted by Crippen LogP contribution is -1.98. The molecule has 0 saturated heterocycles. The number of rotatable bonds is 10. The predicted octanol–water partition coefficient (Wildman–Crippen LogP) is 9.01. The predicted molar refractivity (Wildman–Crippen MR) is 147 cm³/mol. The van der Waals surface area contributed by atoms with Gasteiger partial charge in [0.05, 0.1) is 5.56 Å². The van der Waals surface area contributed by atoms with Crippen molar-refractivity contribution in [3.63, 3.8) is 0 Å². The molecular formula is C34H36F2. The molecule has 3 rings (SSSR count). The van der Waals surface area contributed by atoms with Crippen LogP contribution in [0.3, 0.4) is 0 Å². The highest BCUT2D eigenvalue weighted by molar-refractivity contribution is 5.48.